The minimum Gasteiger partial charge on any atom is -0.349 e. The lowest BCUT2D eigenvalue weighted by Gasteiger charge is -2.30. The average Bonchev–Trinajstić information content (AvgIpc) is 2.04. The zero-order valence-electron chi connectivity index (χ0n) is 7.52. The maximum Gasteiger partial charge on any atom is 0.177 e. The highest BCUT2D eigenvalue weighted by molar-refractivity contribution is 9.09. The van der Waals surface area contributed by atoms with Gasteiger partial charge in [0.1, 0.15) is 0 Å². The standard InChI is InChI=1S/C8H17BrO2/c1-4-8(7-9,10-5-2)11-6-3/h4-7H2,1-3H3. The number of hydrogen-bond donors (Lipinski definition) is 0. The summed E-state index contributed by atoms with van der Waals surface area (Å²) in [5, 5.41) is 0.734. The first-order valence-corrected chi connectivity index (χ1v) is 5.20. The van der Waals surface area contributed by atoms with Gasteiger partial charge in [-0.05, 0) is 20.3 Å². The smallest absolute Gasteiger partial charge is 0.177 e. The Morgan fingerprint density at radius 1 is 1.09 bits per heavy atom. The van der Waals surface area contributed by atoms with E-state index in [2.05, 4.69) is 22.9 Å². The number of ether oxygens (including phenoxy) is 2. The van der Waals surface area contributed by atoms with Crippen molar-refractivity contribution in [2.45, 2.75) is 33.0 Å². The molecule has 68 valence electrons. The predicted molar refractivity (Wildman–Crippen MR) is 50.1 cm³/mol. The van der Waals surface area contributed by atoms with Gasteiger partial charge in [-0.25, -0.2) is 0 Å². The van der Waals surface area contributed by atoms with E-state index < -0.39 is 5.79 Å². The highest BCUT2D eigenvalue weighted by Crippen LogP contribution is 2.20. The van der Waals surface area contributed by atoms with E-state index in [-0.39, 0.29) is 0 Å². The summed E-state index contributed by atoms with van der Waals surface area (Å²) in [4.78, 5) is 0. The average molecular weight is 225 g/mol. The minimum atomic E-state index is -0.399. The number of hydrogen-bond acceptors (Lipinski definition) is 2. The Morgan fingerprint density at radius 2 is 1.55 bits per heavy atom. The van der Waals surface area contributed by atoms with Crippen molar-refractivity contribution >= 4 is 15.9 Å². The molecule has 0 aliphatic heterocycles. The van der Waals surface area contributed by atoms with E-state index in [9.17, 15) is 0 Å². The molecule has 0 fully saturated rings. The van der Waals surface area contributed by atoms with E-state index in [1.54, 1.807) is 0 Å². The zero-order chi connectivity index (χ0) is 8.74. The summed E-state index contributed by atoms with van der Waals surface area (Å²) >= 11 is 3.39. The highest BCUT2D eigenvalue weighted by atomic mass is 79.9. The van der Waals surface area contributed by atoms with Crippen molar-refractivity contribution in [1.29, 1.82) is 0 Å². The molecule has 0 aromatic heterocycles. The molecule has 0 aliphatic carbocycles. The topological polar surface area (TPSA) is 18.5 Å². The number of rotatable bonds is 6. The molecule has 0 saturated heterocycles. The van der Waals surface area contributed by atoms with E-state index >= 15 is 0 Å². The summed E-state index contributed by atoms with van der Waals surface area (Å²) in [5.41, 5.74) is 0. The molecule has 2 nitrogen and oxygen atoms in total. The summed E-state index contributed by atoms with van der Waals surface area (Å²) in [6.45, 7) is 7.41. The molecule has 0 saturated carbocycles. The van der Waals surface area contributed by atoms with Gasteiger partial charge in [-0.3, -0.25) is 0 Å². The van der Waals surface area contributed by atoms with Crippen molar-refractivity contribution in [1.82, 2.24) is 0 Å². The molecule has 0 radical (unpaired) electrons. The molecule has 0 spiro atoms. The first-order valence-electron chi connectivity index (χ1n) is 4.08. The monoisotopic (exact) mass is 224 g/mol. The van der Waals surface area contributed by atoms with Gasteiger partial charge in [0.25, 0.3) is 0 Å². The first-order chi connectivity index (χ1) is 5.24. The zero-order valence-corrected chi connectivity index (χ0v) is 9.11. The van der Waals surface area contributed by atoms with Crippen LogP contribution in [0.4, 0.5) is 0 Å². The van der Waals surface area contributed by atoms with Gasteiger partial charge < -0.3 is 9.47 Å². The van der Waals surface area contributed by atoms with Gasteiger partial charge >= 0.3 is 0 Å². The van der Waals surface area contributed by atoms with Crippen molar-refractivity contribution < 1.29 is 9.47 Å². The van der Waals surface area contributed by atoms with Gasteiger partial charge in [-0.15, -0.1) is 0 Å². The third-order valence-electron chi connectivity index (χ3n) is 1.56. The molecular weight excluding hydrogens is 208 g/mol. The van der Waals surface area contributed by atoms with Gasteiger partial charge in [0.2, 0.25) is 0 Å². The molecule has 0 N–H and O–H groups in total. The Morgan fingerprint density at radius 3 is 1.73 bits per heavy atom. The van der Waals surface area contributed by atoms with Crippen LogP contribution < -0.4 is 0 Å². The molecular formula is C8H17BrO2. The number of alkyl halides is 1. The van der Waals surface area contributed by atoms with E-state index in [1.807, 2.05) is 13.8 Å². The van der Waals surface area contributed by atoms with Crippen LogP contribution in [0.15, 0.2) is 0 Å². The molecule has 11 heavy (non-hydrogen) atoms. The second-order valence-corrected chi connectivity index (χ2v) is 2.82. The lowest BCUT2D eigenvalue weighted by molar-refractivity contribution is -0.217. The van der Waals surface area contributed by atoms with E-state index in [0.717, 1.165) is 11.8 Å². The normalized spacial score (nSPS) is 12.0. The summed E-state index contributed by atoms with van der Waals surface area (Å²) in [6, 6.07) is 0. The van der Waals surface area contributed by atoms with Crippen LogP contribution in [0.25, 0.3) is 0 Å². The third kappa shape index (κ3) is 3.54. The molecule has 3 heteroatoms. The molecule has 0 unspecified atom stereocenters. The Hall–Kier alpha value is 0.400. The minimum absolute atomic E-state index is 0.399. The summed E-state index contributed by atoms with van der Waals surface area (Å²) < 4.78 is 11.0. The van der Waals surface area contributed by atoms with E-state index in [0.29, 0.717) is 13.2 Å². The van der Waals surface area contributed by atoms with Gasteiger partial charge in [0, 0.05) is 13.2 Å². The quantitative estimate of drug-likeness (QED) is 0.511. The van der Waals surface area contributed by atoms with Crippen molar-refractivity contribution in [2.24, 2.45) is 0 Å². The SMILES string of the molecule is CCOC(CC)(CBr)OCC. The maximum absolute atomic E-state index is 5.50. The molecule has 0 heterocycles. The van der Waals surface area contributed by atoms with Crippen LogP contribution in [0.2, 0.25) is 0 Å². The second-order valence-electron chi connectivity index (χ2n) is 2.26. The lowest BCUT2D eigenvalue weighted by atomic mass is 10.2. The van der Waals surface area contributed by atoms with E-state index in [1.165, 1.54) is 0 Å². The Kier molecular flexibility index (Phi) is 6.19. The molecule has 0 atom stereocenters. The van der Waals surface area contributed by atoms with Crippen LogP contribution in [0, 0.1) is 0 Å². The predicted octanol–water partition coefficient (Wildman–Crippen LogP) is 2.56. The molecule has 0 amide bonds. The Balaban J connectivity index is 3.96. The van der Waals surface area contributed by atoms with Crippen molar-refractivity contribution in [3.05, 3.63) is 0 Å². The van der Waals surface area contributed by atoms with Crippen LogP contribution in [0.5, 0.6) is 0 Å². The second kappa shape index (κ2) is 5.98. The van der Waals surface area contributed by atoms with Crippen molar-refractivity contribution in [3.8, 4) is 0 Å². The maximum atomic E-state index is 5.50. The Labute approximate surface area is 77.4 Å². The van der Waals surface area contributed by atoms with Gasteiger partial charge in [-0.2, -0.15) is 0 Å². The van der Waals surface area contributed by atoms with Crippen molar-refractivity contribution in [3.63, 3.8) is 0 Å². The van der Waals surface area contributed by atoms with Gasteiger partial charge in [0.15, 0.2) is 5.79 Å². The fraction of sp³-hybridized carbons (Fsp3) is 1.00. The van der Waals surface area contributed by atoms with Crippen LogP contribution in [-0.2, 0) is 9.47 Å². The summed E-state index contributed by atoms with van der Waals surface area (Å²) in [6.07, 6.45) is 0.875. The van der Waals surface area contributed by atoms with Crippen LogP contribution in [0.3, 0.4) is 0 Å². The van der Waals surface area contributed by atoms with Crippen LogP contribution in [0.1, 0.15) is 27.2 Å². The Bertz CT molecular complexity index is 84.1. The highest BCUT2D eigenvalue weighted by Gasteiger charge is 2.27. The molecule has 0 rings (SSSR count). The van der Waals surface area contributed by atoms with Gasteiger partial charge in [0.05, 0.1) is 5.33 Å². The fourth-order valence-electron chi connectivity index (χ4n) is 0.944. The fourth-order valence-corrected chi connectivity index (χ4v) is 1.66. The molecule has 0 aromatic rings. The molecule has 0 aliphatic rings. The third-order valence-corrected chi connectivity index (χ3v) is 2.41. The van der Waals surface area contributed by atoms with E-state index in [4.69, 9.17) is 9.47 Å². The van der Waals surface area contributed by atoms with Crippen molar-refractivity contribution in [2.75, 3.05) is 18.5 Å². The lowest BCUT2D eigenvalue weighted by Crippen LogP contribution is -2.37. The molecule has 0 aromatic carbocycles. The van der Waals surface area contributed by atoms with Crippen LogP contribution in [-0.4, -0.2) is 24.3 Å². The number of halogens is 1. The summed E-state index contributed by atoms with van der Waals surface area (Å²) in [7, 11) is 0. The van der Waals surface area contributed by atoms with Gasteiger partial charge in [-0.1, -0.05) is 22.9 Å². The first kappa shape index (κ1) is 11.4. The largest absolute Gasteiger partial charge is 0.349 e. The van der Waals surface area contributed by atoms with Crippen LogP contribution >= 0.6 is 15.9 Å². The summed E-state index contributed by atoms with van der Waals surface area (Å²) in [5.74, 6) is -0.399. The molecule has 0 bridgehead atoms.